The summed E-state index contributed by atoms with van der Waals surface area (Å²) in [6.07, 6.45) is 3.25. The minimum atomic E-state index is -0.481. The molecule has 2 rings (SSSR count). The largest absolute Gasteiger partial charge is 0.444 e. The van der Waals surface area contributed by atoms with Gasteiger partial charge in [0.25, 0.3) is 0 Å². The fourth-order valence-corrected chi connectivity index (χ4v) is 2.05. The van der Waals surface area contributed by atoms with Gasteiger partial charge in [0.1, 0.15) is 5.60 Å². The van der Waals surface area contributed by atoms with Gasteiger partial charge in [0.2, 0.25) is 0 Å². The van der Waals surface area contributed by atoms with Gasteiger partial charge in [0, 0.05) is 18.3 Å². The maximum atomic E-state index is 11.6. The number of hydrogen-bond donors (Lipinski definition) is 2. The first-order valence-corrected chi connectivity index (χ1v) is 6.91. The van der Waals surface area contributed by atoms with E-state index in [2.05, 4.69) is 21.6 Å². The molecular formula is C16H21N3O2. The number of H-pyrrole nitrogens is 1. The number of nitrogens with zero attached hydrogens (tertiary/aromatic N) is 1. The van der Waals surface area contributed by atoms with Crippen LogP contribution in [-0.2, 0) is 11.3 Å². The van der Waals surface area contributed by atoms with E-state index in [1.165, 1.54) is 0 Å². The molecule has 5 heteroatoms. The molecule has 5 nitrogen and oxygen atoms in total. The molecule has 0 saturated heterocycles. The Labute approximate surface area is 124 Å². The maximum absolute atomic E-state index is 11.6. The smallest absolute Gasteiger partial charge is 0.407 e. The highest BCUT2D eigenvalue weighted by Crippen LogP contribution is 2.23. The molecule has 1 amide bonds. The number of carbonyl (C=O) groups is 1. The van der Waals surface area contributed by atoms with Gasteiger partial charge in [-0.1, -0.05) is 18.2 Å². The number of alkyl carbamates (subject to hydrolysis) is 1. The lowest BCUT2D eigenvalue weighted by Gasteiger charge is -2.19. The Kier molecular flexibility index (Phi) is 4.31. The zero-order valence-electron chi connectivity index (χ0n) is 12.9. The molecule has 1 aromatic heterocycles. The maximum Gasteiger partial charge on any atom is 0.407 e. The lowest BCUT2D eigenvalue weighted by molar-refractivity contribution is 0.0523. The fourth-order valence-electron chi connectivity index (χ4n) is 2.05. The lowest BCUT2D eigenvalue weighted by atomic mass is 10.0. The van der Waals surface area contributed by atoms with Crippen LogP contribution >= 0.6 is 0 Å². The van der Waals surface area contributed by atoms with Crippen LogP contribution in [0.1, 0.15) is 31.9 Å². The number of nitrogens with one attached hydrogen (secondary N) is 2. The minimum Gasteiger partial charge on any atom is -0.444 e. The highest BCUT2D eigenvalue weighted by atomic mass is 16.6. The van der Waals surface area contributed by atoms with Crippen LogP contribution in [0.25, 0.3) is 11.1 Å². The zero-order chi connectivity index (χ0) is 15.5. The highest BCUT2D eigenvalue weighted by Gasteiger charge is 2.15. The van der Waals surface area contributed by atoms with Crippen LogP contribution < -0.4 is 5.32 Å². The second kappa shape index (κ2) is 5.99. The molecular weight excluding hydrogens is 266 g/mol. The Morgan fingerprint density at radius 3 is 2.71 bits per heavy atom. The van der Waals surface area contributed by atoms with Crippen molar-refractivity contribution in [3.8, 4) is 11.1 Å². The van der Waals surface area contributed by atoms with Crippen LogP contribution in [0.3, 0.4) is 0 Å². The number of aromatic amines is 1. The molecule has 0 bridgehead atoms. The van der Waals surface area contributed by atoms with E-state index in [1.54, 1.807) is 6.20 Å². The van der Waals surface area contributed by atoms with E-state index in [1.807, 2.05) is 46.0 Å². The Hall–Kier alpha value is -2.30. The molecule has 0 atom stereocenters. The summed E-state index contributed by atoms with van der Waals surface area (Å²) < 4.78 is 5.21. The normalized spacial score (nSPS) is 11.2. The lowest BCUT2D eigenvalue weighted by Crippen LogP contribution is -2.32. The standard InChI is InChI=1S/C16H21N3O2/c1-11-7-12(8-17-15(20)21-16(2,3)4)5-6-14(11)13-9-18-19-10-13/h5-7,9-10H,8H2,1-4H3,(H,17,20)(H,18,19). The molecule has 0 spiro atoms. The summed E-state index contributed by atoms with van der Waals surface area (Å²) >= 11 is 0. The van der Waals surface area contributed by atoms with Crippen LogP contribution in [0.2, 0.25) is 0 Å². The summed E-state index contributed by atoms with van der Waals surface area (Å²) in [6.45, 7) is 8.02. The molecule has 1 aromatic carbocycles. The van der Waals surface area contributed by atoms with Crippen LogP contribution in [0.4, 0.5) is 4.79 Å². The van der Waals surface area contributed by atoms with Gasteiger partial charge in [0.15, 0.2) is 0 Å². The van der Waals surface area contributed by atoms with Gasteiger partial charge in [-0.15, -0.1) is 0 Å². The monoisotopic (exact) mass is 287 g/mol. The summed E-state index contributed by atoms with van der Waals surface area (Å²) in [7, 11) is 0. The number of rotatable bonds is 3. The Morgan fingerprint density at radius 1 is 1.38 bits per heavy atom. The SMILES string of the molecule is Cc1cc(CNC(=O)OC(C)(C)C)ccc1-c1cn[nH]c1. The molecule has 0 radical (unpaired) electrons. The third-order valence-electron chi connectivity index (χ3n) is 2.94. The molecule has 0 saturated carbocycles. The van der Waals surface area contributed by atoms with E-state index >= 15 is 0 Å². The van der Waals surface area contributed by atoms with E-state index in [4.69, 9.17) is 4.74 Å². The van der Waals surface area contributed by atoms with Crippen molar-refractivity contribution in [1.29, 1.82) is 0 Å². The first-order chi connectivity index (χ1) is 9.85. The molecule has 2 N–H and O–H groups in total. The Balaban J connectivity index is 2.00. The van der Waals surface area contributed by atoms with E-state index < -0.39 is 11.7 Å². The van der Waals surface area contributed by atoms with Crippen LogP contribution in [-0.4, -0.2) is 21.9 Å². The summed E-state index contributed by atoms with van der Waals surface area (Å²) in [6, 6.07) is 6.08. The van der Waals surface area contributed by atoms with Gasteiger partial charge >= 0.3 is 6.09 Å². The van der Waals surface area contributed by atoms with Crippen molar-refractivity contribution >= 4 is 6.09 Å². The molecule has 112 valence electrons. The van der Waals surface area contributed by atoms with Gasteiger partial charge in [0.05, 0.1) is 6.20 Å². The van der Waals surface area contributed by atoms with E-state index in [-0.39, 0.29) is 0 Å². The van der Waals surface area contributed by atoms with Crippen LogP contribution in [0.15, 0.2) is 30.6 Å². The molecule has 0 aliphatic carbocycles. The number of ether oxygens (including phenoxy) is 1. The molecule has 0 aliphatic heterocycles. The fraction of sp³-hybridized carbons (Fsp3) is 0.375. The summed E-state index contributed by atoms with van der Waals surface area (Å²) in [4.78, 5) is 11.6. The van der Waals surface area contributed by atoms with Crippen LogP contribution in [0.5, 0.6) is 0 Å². The minimum absolute atomic E-state index is 0.404. The number of carbonyl (C=O) groups excluding carboxylic acids is 1. The number of amides is 1. The van der Waals surface area contributed by atoms with Crippen molar-refractivity contribution in [2.45, 2.75) is 39.8 Å². The number of benzene rings is 1. The predicted molar refractivity (Wildman–Crippen MR) is 81.8 cm³/mol. The van der Waals surface area contributed by atoms with E-state index in [0.717, 1.165) is 22.3 Å². The summed E-state index contributed by atoms with van der Waals surface area (Å²) in [5.41, 5.74) is 3.87. The first kappa shape index (κ1) is 15.1. The van der Waals surface area contributed by atoms with E-state index in [9.17, 15) is 4.79 Å². The van der Waals surface area contributed by atoms with E-state index in [0.29, 0.717) is 6.54 Å². The second-order valence-electron chi connectivity index (χ2n) is 5.99. The van der Waals surface area contributed by atoms with Gasteiger partial charge in [-0.25, -0.2) is 4.79 Å². The third kappa shape index (κ3) is 4.34. The Morgan fingerprint density at radius 2 is 2.14 bits per heavy atom. The molecule has 1 heterocycles. The number of aryl methyl sites for hydroxylation is 1. The molecule has 0 aliphatic rings. The quantitative estimate of drug-likeness (QED) is 0.909. The van der Waals surface area contributed by atoms with Crippen molar-refractivity contribution in [2.75, 3.05) is 0 Å². The number of hydrogen-bond acceptors (Lipinski definition) is 3. The van der Waals surface area contributed by atoms with Crippen molar-refractivity contribution in [3.05, 3.63) is 41.7 Å². The average molecular weight is 287 g/mol. The summed E-state index contributed by atoms with van der Waals surface area (Å²) in [5.74, 6) is 0. The Bertz CT molecular complexity index is 613. The van der Waals surface area contributed by atoms with Crippen molar-refractivity contribution in [2.24, 2.45) is 0 Å². The first-order valence-electron chi connectivity index (χ1n) is 6.91. The van der Waals surface area contributed by atoms with Crippen molar-refractivity contribution in [1.82, 2.24) is 15.5 Å². The average Bonchev–Trinajstić information content (AvgIpc) is 2.88. The molecule has 0 unspecified atom stereocenters. The second-order valence-corrected chi connectivity index (χ2v) is 5.99. The topological polar surface area (TPSA) is 67.0 Å². The van der Waals surface area contributed by atoms with Crippen molar-refractivity contribution < 1.29 is 9.53 Å². The summed E-state index contributed by atoms with van der Waals surface area (Å²) in [5, 5.41) is 9.52. The van der Waals surface area contributed by atoms with Crippen molar-refractivity contribution in [3.63, 3.8) is 0 Å². The molecule has 0 fully saturated rings. The van der Waals surface area contributed by atoms with Gasteiger partial charge < -0.3 is 10.1 Å². The number of aromatic nitrogens is 2. The van der Waals surface area contributed by atoms with Gasteiger partial charge in [-0.2, -0.15) is 5.10 Å². The third-order valence-corrected chi connectivity index (χ3v) is 2.94. The molecule has 2 aromatic rings. The highest BCUT2D eigenvalue weighted by molar-refractivity contribution is 5.68. The predicted octanol–water partition coefficient (Wildman–Crippen LogP) is 3.41. The van der Waals surface area contributed by atoms with Gasteiger partial charge in [-0.05, 0) is 44.4 Å². The van der Waals surface area contributed by atoms with Crippen LogP contribution in [0, 0.1) is 6.92 Å². The van der Waals surface area contributed by atoms with Gasteiger partial charge in [-0.3, -0.25) is 5.10 Å². The molecule has 21 heavy (non-hydrogen) atoms. The zero-order valence-corrected chi connectivity index (χ0v) is 12.9.